The highest BCUT2D eigenvalue weighted by atomic mass is 19.1. The number of benzene rings is 1. The van der Waals surface area contributed by atoms with Gasteiger partial charge >= 0.3 is 0 Å². The molecule has 4 nitrogen and oxygen atoms in total. The Morgan fingerprint density at radius 2 is 2.00 bits per heavy atom. The second kappa shape index (κ2) is 8.85. The summed E-state index contributed by atoms with van der Waals surface area (Å²) in [6.07, 6.45) is 0.133. The first-order valence-corrected chi connectivity index (χ1v) is 6.32. The van der Waals surface area contributed by atoms with Crippen LogP contribution in [-0.4, -0.2) is 38.6 Å². The Morgan fingerprint density at radius 3 is 2.68 bits per heavy atom. The van der Waals surface area contributed by atoms with Gasteiger partial charge in [-0.2, -0.15) is 0 Å². The third kappa shape index (κ3) is 6.00. The Labute approximate surface area is 113 Å². The third-order valence-corrected chi connectivity index (χ3v) is 2.55. The number of aliphatic hydroxyl groups is 1. The maximum atomic E-state index is 13.1. The fraction of sp³-hybridized carbons (Fsp3) is 0.571. The molecule has 0 aliphatic rings. The lowest BCUT2D eigenvalue weighted by molar-refractivity contribution is 0.0794. The number of halogens is 1. The summed E-state index contributed by atoms with van der Waals surface area (Å²) in [7, 11) is 1.64. The van der Waals surface area contributed by atoms with Gasteiger partial charge in [0.15, 0.2) is 0 Å². The van der Waals surface area contributed by atoms with Crippen LogP contribution < -0.4 is 4.74 Å². The molecule has 0 unspecified atom stereocenters. The van der Waals surface area contributed by atoms with Crippen molar-refractivity contribution in [2.75, 3.05) is 33.5 Å². The highest BCUT2D eigenvalue weighted by Gasteiger charge is 2.10. The molecule has 108 valence electrons. The fourth-order valence-corrected chi connectivity index (χ4v) is 1.60. The molecule has 0 heterocycles. The summed E-state index contributed by atoms with van der Waals surface area (Å²) < 4.78 is 28.8. The van der Waals surface area contributed by atoms with Gasteiger partial charge in [0, 0.05) is 32.0 Å². The quantitative estimate of drug-likeness (QED) is 0.701. The first-order chi connectivity index (χ1) is 9.15. The summed E-state index contributed by atoms with van der Waals surface area (Å²) in [4.78, 5) is 0. The van der Waals surface area contributed by atoms with E-state index in [1.807, 2.05) is 0 Å². The maximum Gasteiger partial charge on any atom is 0.128 e. The predicted molar refractivity (Wildman–Crippen MR) is 69.8 cm³/mol. The van der Waals surface area contributed by atoms with Gasteiger partial charge in [-0.1, -0.05) is 0 Å². The van der Waals surface area contributed by atoms with Crippen molar-refractivity contribution >= 4 is 0 Å². The van der Waals surface area contributed by atoms with Gasteiger partial charge in [-0.15, -0.1) is 0 Å². The van der Waals surface area contributed by atoms with Gasteiger partial charge in [-0.25, -0.2) is 4.39 Å². The first kappa shape index (κ1) is 15.9. The van der Waals surface area contributed by atoms with E-state index >= 15 is 0 Å². The molecule has 0 amide bonds. The van der Waals surface area contributed by atoms with Gasteiger partial charge in [0.2, 0.25) is 0 Å². The molecule has 1 aromatic carbocycles. The highest BCUT2D eigenvalue weighted by molar-refractivity contribution is 5.35. The van der Waals surface area contributed by atoms with Crippen molar-refractivity contribution in [1.29, 1.82) is 0 Å². The molecule has 0 bridgehead atoms. The summed E-state index contributed by atoms with van der Waals surface area (Å²) in [6.45, 7) is 3.61. The van der Waals surface area contributed by atoms with Crippen LogP contribution in [0.25, 0.3) is 0 Å². The van der Waals surface area contributed by atoms with Crippen molar-refractivity contribution in [1.82, 2.24) is 0 Å². The Kier molecular flexibility index (Phi) is 7.40. The Balaban J connectivity index is 2.34. The van der Waals surface area contributed by atoms with Crippen LogP contribution in [0.2, 0.25) is 0 Å². The average Bonchev–Trinajstić information content (AvgIpc) is 2.37. The Morgan fingerprint density at radius 1 is 1.21 bits per heavy atom. The van der Waals surface area contributed by atoms with Crippen LogP contribution >= 0.6 is 0 Å². The van der Waals surface area contributed by atoms with Gasteiger partial charge in [0.25, 0.3) is 0 Å². The molecule has 5 heteroatoms. The van der Waals surface area contributed by atoms with Crippen LogP contribution in [-0.2, 0) is 9.47 Å². The summed E-state index contributed by atoms with van der Waals surface area (Å²) >= 11 is 0. The van der Waals surface area contributed by atoms with E-state index in [0.29, 0.717) is 37.7 Å². The van der Waals surface area contributed by atoms with Crippen molar-refractivity contribution in [3.05, 3.63) is 29.6 Å². The lowest BCUT2D eigenvalue weighted by Gasteiger charge is -2.13. The number of hydrogen-bond donors (Lipinski definition) is 1. The van der Waals surface area contributed by atoms with Crippen LogP contribution in [0.3, 0.4) is 0 Å². The topological polar surface area (TPSA) is 47.9 Å². The summed E-state index contributed by atoms with van der Waals surface area (Å²) in [5, 5.41) is 9.55. The molecular formula is C14H21FO4. The summed E-state index contributed by atoms with van der Waals surface area (Å²) in [5.74, 6) is -0.0316. The van der Waals surface area contributed by atoms with Crippen LogP contribution in [0.1, 0.15) is 25.0 Å². The minimum atomic E-state index is -0.696. The molecule has 0 radical (unpaired) electrons. The largest absolute Gasteiger partial charge is 0.491 e. The van der Waals surface area contributed by atoms with E-state index in [4.69, 9.17) is 14.2 Å². The number of aliphatic hydroxyl groups excluding tert-OH is 1. The SMILES string of the molecule is COCCCOCCOc1cc(F)ccc1[C@H](C)O. The summed E-state index contributed by atoms with van der Waals surface area (Å²) in [6, 6.07) is 4.10. The number of rotatable bonds is 9. The summed E-state index contributed by atoms with van der Waals surface area (Å²) in [5.41, 5.74) is 0.570. The maximum absolute atomic E-state index is 13.1. The smallest absolute Gasteiger partial charge is 0.128 e. The Bertz CT molecular complexity index is 368. The first-order valence-electron chi connectivity index (χ1n) is 6.32. The van der Waals surface area contributed by atoms with Crippen molar-refractivity contribution < 1.29 is 23.7 Å². The fourth-order valence-electron chi connectivity index (χ4n) is 1.60. The van der Waals surface area contributed by atoms with Crippen molar-refractivity contribution in [2.45, 2.75) is 19.4 Å². The average molecular weight is 272 g/mol. The van der Waals surface area contributed by atoms with Gasteiger partial charge in [0.1, 0.15) is 18.2 Å². The molecule has 0 aliphatic heterocycles. The second-order valence-corrected chi connectivity index (χ2v) is 4.17. The molecule has 1 rings (SSSR count). The van der Waals surface area contributed by atoms with Crippen LogP contribution in [0.4, 0.5) is 4.39 Å². The van der Waals surface area contributed by atoms with Crippen LogP contribution in [0.5, 0.6) is 5.75 Å². The lowest BCUT2D eigenvalue weighted by Crippen LogP contribution is -2.10. The van der Waals surface area contributed by atoms with E-state index in [0.717, 1.165) is 6.42 Å². The van der Waals surface area contributed by atoms with Crippen LogP contribution in [0.15, 0.2) is 18.2 Å². The third-order valence-electron chi connectivity index (χ3n) is 2.55. The van der Waals surface area contributed by atoms with E-state index in [1.54, 1.807) is 14.0 Å². The van der Waals surface area contributed by atoms with E-state index in [2.05, 4.69) is 0 Å². The van der Waals surface area contributed by atoms with Crippen molar-refractivity contribution in [2.24, 2.45) is 0 Å². The van der Waals surface area contributed by atoms with Gasteiger partial charge in [-0.3, -0.25) is 0 Å². The number of methoxy groups -OCH3 is 1. The zero-order valence-corrected chi connectivity index (χ0v) is 11.4. The molecule has 0 saturated heterocycles. The Hall–Kier alpha value is -1.17. The molecule has 0 fully saturated rings. The molecule has 0 aliphatic carbocycles. The predicted octanol–water partition coefficient (Wildman–Crippen LogP) is 2.31. The van der Waals surface area contributed by atoms with Crippen molar-refractivity contribution in [3.8, 4) is 5.75 Å². The highest BCUT2D eigenvalue weighted by Crippen LogP contribution is 2.25. The monoisotopic (exact) mass is 272 g/mol. The normalized spacial score (nSPS) is 12.4. The van der Waals surface area contributed by atoms with E-state index in [-0.39, 0.29) is 5.82 Å². The standard InChI is InChI=1S/C14H21FO4/c1-11(16)13-5-4-12(15)10-14(13)19-9-8-18-7-3-6-17-2/h4-5,10-11,16H,3,6-9H2,1-2H3/t11-/m0/s1. The molecule has 0 saturated carbocycles. The molecule has 0 spiro atoms. The molecule has 19 heavy (non-hydrogen) atoms. The lowest BCUT2D eigenvalue weighted by atomic mass is 10.1. The zero-order chi connectivity index (χ0) is 14.1. The van der Waals surface area contributed by atoms with E-state index in [9.17, 15) is 9.50 Å². The van der Waals surface area contributed by atoms with Gasteiger partial charge in [0.05, 0.1) is 12.7 Å². The zero-order valence-electron chi connectivity index (χ0n) is 11.4. The molecule has 1 atom stereocenters. The molecule has 1 aromatic rings. The molecular weight excluding hydrogens is 251 g/mol. The van der Waals surface area contributed by atoms with Crippen molar-refractivity contribution in [3.63, 3.8) is 0 Å². The number of hydrogen-bond acceptors (Lipinski definition) is 4. The van der Waals surface area contributed by atoms with Gasteiger partial charge < -0.3 is 19.3 Å². The second-order valence-electron chi connectivity index (χ2n) is 4.17. The van der Waals surface area contributed by atoms with E-state index < -0.39 is 6.10 Å². The van der Waals surface area contributed by atoms with Gasteiger partial charge in [-0.05, 0) is 25.5 Å². The minimum Gasteiger partial charge on any atom is -0.491 e. The number of ether oxygens (including phenoxy) is 3. The van der Waals surface area contributed by atoms with Crippen LogP contribution in [0, 0.1) is 5.82 Å². The minimum absolute atomic E-state index is 0.316. The molecule has 0 aromatic heterocycles. The van der Waals surface area contributed by atoms with E-state index in [1.165, 1.54) is 18.2 Å². The molecule has 1 N–H and O–H groups in total.